The Balaban J connectivity index is 2.05. The summed E-state index contributed by atoms with van der Waals surface area (Å²) in [6, 6.07) is 7.30. The third kappa shape index (κ3) is 3.75. The standard InChI is InChI=1S/C14H15N5O3/c1-18(2)13-6-7-15-12(17-13)9-16-14(20)10-4-3-5-11(8-10)19(21)22/h3-8H,9H2,1-2H3,(H,16,20). The molecule has 114 valence electrons. The number of amides is 1. The molecular formula is C14H15N5O3. The van der Waals surface area contributed by atoms with Crippen LogP contribution in [-0.2, 0) is 6.54 Å². The van der Waals surface area contributed by atoms with Gasteiger partial charge in [0.05, 0.1) is 11.5 Å². The molecule has 0 fully saturated rings. The number of hydrogen-bond donors (Lipinski definition) is 1. The van der Waals surface area contributed by atoms with E-state index < -0.39 is 10.8 Å². The number of rotatable bonds is 5. The van der Waals surface area contributed by atoms with Crippen LogP contribution in [0.3, 0.4) is 0 Å². The fraction of sp³-hybridized carbons (Fsp3) is 0.214. The molecule has 0 bridgehead atoms. The number of nitro groups is 1. The maximum Gasteiger partial charge on any atom is 0.270 e. The highest BCUT2D eigenvalue weighted by Gasteiger charge is 2.11. The van der Waals surface area contributed by atoms with Crippen LogP contribution in [0, 0.1) is 10.1 Å². The Morgan fingerprint density at radius 3 is 2.82 bits per heavy atom. The van der Waals surface area contributed by atoms with E-state index in [1.165, 1.54) is 24.3 Å². The molecule has 0 aliphatic carbocycles. The fourth-order valence-corrected chi connectivity index (χ4v) is 1.74. The summed E-state index contributed by atoms with van der Waals surface area (Å²) in [6.07, 6.45) is 1.61. The smallest absolute Gasteiger partial charge is 0.270 e. The molecule has 22 heavy (non-hydrogen) atoms. The molecule has 2 aromatic rings. The first kappa shape index (κ1) is 15.4. The second kappa shape index (κ2) is 6.61. The minimum Gasteiger partial charge on any atom is -0.363 e. The van der Waals surface area contributed by atoms with Gasteiger partial charge in [-0.3, -0.25) is 14.9 Å². The van der Waals surface area contributed by atoms with E-state index in [0.29, 0.717) is 5.82 Å². The van der Waals surface area contributed by atoms with Crippen LogP contribution in [0.2, 0.25) is 0 Å². The van der Waals surface area contributed by atoms with Crippen LogP contribution in [0.4, 0.5) is 11.5 Å². The predicted octanol–water partition coefficient (Wildman–Crippen LogP) is 1.38. The third-order valence-electron chi connectivity index (χ3n) is 2.88. The van der Waals surface area contributed by atoms with Crippen molar-refractivity contribution in [2.75, 3.05) is 19.0 Å². The Kier molecular flexibility index (Phi) is 4.62. The van der Waals surface area contributed by atoms with Gasteiger partial charge in [-0.15, -0.1) is 0 Å². The lowest BCUT2D eigenvalue weighted by Crippen LogP contribution is -2.24. The van der Waals surface area contributed by atoms with Crippen molar-refractivity contribution in [3.8, 4) is 0 Å². The van der Waals surface area contributed by atoms with Gasteiger partial charge in [0, 0.05) is 38.0 Å². The Morgan fingerprint density at radius 2 is 2.14 bits per heavy atom. The van der Waals surface area contributed by atoms with Crippen molar-refractivity contribution in [3.63, 3.8) is 0 Å². The minimum absolute atomic E-state index is 0.126. The van der Waals surface area contributed by atoms with Gasteiger partial charge in [0.15, 0.2) is 0 Å². The van der Waals surface area contributed by atoms with Gasteiger partial charge in [-0.05, 0) is 12.1 Å². The maximum atomic E-state index is 12.0. The second-order valence-corrected chi connectivity index (χ2v) is 4.72. The number of carbonyl (C=O) groups is 1. The molecule has 0 spiro atoms. The van der Waals surface area contributed by atoms with Crippen LogP contribution in [0.15, 0.2) is 36.5 Å². The van der Waals surface area contributed by atoms with Crippen LogP contribution in [0.5, 0.6) is 0 Å². The second-order valence-electron chi connectivity index (χ2n) is 4.72. The zero-order valence-corrected chi connectivity index (χ0v) is 12.2. The summed E-state index contributed by atoms with van der Waals surface area (Å²) >= 11 is 0. The lowest BCUT2D eigenvalue weighted by Gasteiger charge is -2.11. The zero-order valence-electron chi connectivity index (χ0n) is 12.2. The van der Waals surface area contributed by atoms with Crippen LogP contribution in [0.25, 0.3) is 0 Å². The summed E-state index contributed by atoms with van der Waals surface area (Å²) in [5.74, 6) is 0.780. The van der Waals surface area contributed by atoms with Crippen molar-refractivity contribution >= 4 is 17.4 Å². The fourth-order valence-electron chi connectivity index (χ4n) is 1.74. The molecule has 8 nitrogen and oxygen atoms in total. The highest BCUT2D eigenvalue weighted by molar-refractivity contribution is 5.94. The average molecular weight is 301 g/mol. The van der Waals surface area contributed by atoms with E-state index in [-0.39, 0.29) is 17.8 Å². The van der Waals surface area contributed by atoms with Crippen molar-refractivity contribution in [1.82, 2.24) is 15.3 Å². The topological polar surface area (TPSA) is 101 Å². The summed E-state index contributed by atoms with van der Waals surface area (Å²) in [6.45, 7) is 0.142. The molecule has 0 saturated carbocycles. The van der Waals surface area contributed by atoms with E-state index in [9.17, 15) is 14.9 Å². The minimum atomic E-state index is -0.541. The normalized spacial score (nSPS) is 10.1. The Labute approximate surface area is 127 Å². The lowest BCUT2D eigenvalue weighted by molar-refractivity contribution is -0.384. The molecule has 8 heteroatoms. The summed E-state index contributed by atoms with van der Waals surface area (Å²) in [4.78, 5) is 32.4. The Hall–Kier alpha value is -3.03. The van der Waals surface area contributed by atoms with Gasteiger partial charge in [-0.1, -0.05) is 6.07 Å². The zero-order chi connectivity index (χ0) is 16.1. The number of nitrogens with zero attached hydrogens (tertiary/aromatic N) is 4. The van der Waals surface area contributed by atoms with Gasteiger partial charge < -0.3 is 10.2 Å². The quantitative estimate of drug-likeness (QED) is 0.661. The van der Waals surface area contributed by atoms with Gasteiger partial charge in [-0.2, -0.15) is 0 Å². The summed E-state index contributed by atoms with van der Waals surface area (Å²) in [7, 11) is 3.71. The molecule has 0 aliphatic rings. The van der Waals surface area contributed by atoms with E-state index in [1.54, 1.807) is 12.3 Å². The molecule has 1 aromatic heterocycles. The van der Waals surface area contributed by atoms with Crippen molar-refractivity contribution < 1.29 is 9.72 Å². The highest BCUT2D eigenvalue weighted by atomic mass is 16.6. The van der Waals surface area contributed by atoms with E-state index in [2.05, 4.69) is 15.3 Å². The van der Waals surface area contributed by atoms with Crippen LogP contribution in [0.1, 0.15) is 16.2 Å². The molecule has 0 radical (unpaired) electrons. The molecule has 0 atom stereocenters. The largest absolute Gasteiger partial charge is 0.363 e. The van der Waals surface area contributed by atoms with Gasteiger partial charge in [0.1, 0.15) is 11.6 Å². The van der Waals surface area contributed by atoms with Gasteiger partial charge in [0.25, 0.3) is 11.6 Å². The number of non-ortho nitro benzene ring substituents is 1. The summed E-state index contributed by atoms with van der Waals surface area (Å²) in [5.41, 5.74) is 0.0940. The van der Waals surface area contributed by atoms with Crippen LogP contribution in [-0.4, -0.2) is 34.9 Å². The molecule has 0 saturated heterocycles. The number of nitro benzene ring substituents is 1. The first-order chi connectivity index (χ1) is 10.5. The number of benzene rings is 1. The lowest BCUT2D eigenvalue weighted by atomic mass is 10.2. The molecule has 1 heterocycles. The third-order valence-corrected chi connectivity index (χ3v) is 2.88. The Bertz CT molecular complexity index is 702. The number of aromatic nitrogens is 2. The monoisotopic (exact) mass is 301 g/mol. The van der Waals surface area contributed by atoms with Crippen LogP contribution >= 0.6 is 0 Å². The van der Waals surface area contributed by atoms with Crippen LogP contribution < -0.4 is 10.2 Å². The molecule has 1 N–H and O–H groups in total. The van der Waals surface area contributed by atoms with Gasteiger partial charge in [-0.25, -0.2) is 9.97 Å². The molecule has 2 rings (SSSR count). The molecule has 1 aromatic carbocycles. The molecule has 0 aliphatic heterocycles. The first-order valence-corrected chi connectivity index (χ1v) is 6.49. The number of nitrogens with one attached hydrogen (secondary N) is 1. The molecule has 1 amide bonds. The average Bonchev–Trinajstić information content (AvgIpc) is 2.53. The highest BCUT2D eigenvalue weighted by Crippen LogP contribution is 2.13. The summed E-state index contributed by atoms with van der Waals surface area (Å²) in [5, 5.41) is 13.3. The Morgan fingerprint density at radius 1 is 1.36 bits per heavy atom. The van der Waals surface area contributed by atoms with Gasteiger partial charge >= 0.3 is 0 Å². The number of anilines is 1. The van der Waals surface area contributed by atoms with Gasteiger partial charge in [0.2, 0.25) is 0 Å². The van der Waals surface area contributed by atoms with Crippen molar-refractivity contribution in [3.05, 3.63) is 58.0 Å². The van der Waals surface area contributed by atoms with E-state index in [1.807, 2.05) is 19.0 Å². The molecular weight excluding hydrogens is 286 g/mol. The van der Waals surface area contributed by atoms with Crippen molar-refractivity contribution in [1.29, 1.82) is 0 Å². The number of hydrogen-bond acceptors (Lipinski definition) is 6. The van der Waals surface area contributed by atoms with E-state index >= 15 is 0 Å². The van der Waals surface area contributed by atoms with Crippen molar-refractivity contribution in [2.24, 2.45) is 0 Å². The summed E-state index contributed by atoms with van der Waals surface area (Å²) < 4.78 is 0. The first-order valence-electron chi connectivity index (χ1n) is 6.49. The SMILES string of the molecule is CN(C)c1ccnc(CNC(=O)c2cccc([N+](=O)[O-])c2)n1. The van der Waals surface area contributed by atoms with Crippen molar-refractivity contribution in [2.45, 2.75) is 6.54 Å². The molecule has 0 unspecified atom stereocenters. The maximum absolute atomic E-state index is 12.0. The van der Waals surface area contributed by atoms with E-state index in [0.717, 1.165) is 5.82 Å². The van der Waals surface area contributed by atoms with E-state index in [4.69, 9.17) is 0 Å². The number of carbonyl (C=O) groups excluding carboxylic acids is 1. The predicted molar refractivity (Wildman–Crippen MR) is 80.6 cm³/mol.